The molecule has 1 saturated carbocycles. The average Bonchev–Trinajstić information content (AvgIpc) is 3.61. The molecule has 2 atom stereocenters. The van der Waals surface area contributed by atoms with Crippen LogP contribution in [0.3, 0.4) is 0 Å². The predicted octanol–water partition coefficient (Wildman–Crippen LogP) is 5.49. The van der Waals surface area contributed by atoms with E-state index in [1.54, 1.807) is 18.2 Å². The van der Waals surface area contributed by atoms with Crippen LogP contribution >= 0.6 is 11.6 Å². The Hall–Kier alpha value is -3.14. The van der Waals surface area contributed by atoms with Gasteiger partial charge in [-0.25, -0.2) is 4.39 Å². The lowest BCUT2D eigenvalue weighted by Gasteiger charge is -2.30. The molecule has 1 saturated heterocycles. The van der Waals surface area contributed by atoms with E-state index in [9.17, 15) is 14.3 Å². The highest BCUT2D eigenvalue weighted by Gasteiger charge is 2.43. The monoisotopic (exact) mass is 559 g/mol. The Bertz CT molecular complexity index is 1300. The van der Waals surface area contributed by atoms with Gasteiger partial charge in [0.15, 0.2) is 0 Å². The van der Waals surface area contributed by atoms with Gasteiger partial charge in [0.05, 0.1) is 29.1 Å². The van der Waals surface area contributed by atoms with Crippen LogP contribution in [0.1, 0.15) is 42.9 Å². The third kappa shape index (κ3) is 6.54. The minimum Gasteiger partial charge on any atom is -0.489 e. The fourth-order valence-corrected chi connectivity index (χ4v) is 4.88. The van der Waals surface area contributed by atoms with Crippen molar-refractivity contribution in [2.75, 3.05) is 19.6 Å². The van der Waals surface area contributed by atoms with Crippen LogP contribution in [-0.2, 0) is 10.7 Å². The van der Waals surface area contributed by atoms with Gasteiger partial charge in [-0.1, -0.05) is 41.9 Å². The zero-order valence-electron chi connectivity index (χ0n) is 21.1. The molecule has 2 heterocycles. The first kappa shape index (κ1) is 27.4. The molecule has 39 heavy (non-hydrogen) atoms. The predicted molar refractivity (Wildman–Crippen MR) is 141 cm³/mol. The van der Waals surface area contributed by atoms with Gasteiger partial charge in [-0.3, -0.25) is 9.78 Å². The molecule has 0 bridgehead atoms. The molecule has 1 aliphatic carbocycles. The number of aromatic nitrogens is 1. The Morgan fingerprint density at radius 1 is 1.13 bits per heavy atom. The molecule has 10 heteroatoms. The maximum Gasteiger partial charge on any atom is 0.349 e. The van der Waals surface area contributed by atoms with Crippen molar-refractivity contribution in [3.05, 3.63) is 82.8 Å². The van der Waals surface area contributed by atoms with E-state index in [2.05, 4.69) is 10.3 Å². The summed E-state index contributed by atoms with van der Waals surface area (Å²) in [6, 6.07) is 11.6. The number of likely N-dealkylation sites (tertiary alicyclic amines) is 1. The molecule has 2 aliphatic rings. The van der Waals surface area contributed by atoms with Gasteiger partial charge in [-0.15, -0.1) is 0 Å². The van der Waals surface area contributed by atoms with Crippen molar-refractivity contribution in [3.8, 4) is 17.0 Å². The van der Waals surface area contributed by atoms with Crippen LogP contribution in [0.5, 0.6) is 5.75 Å². The normalized spacial score (nSPS) is 17.6. The number of carbonyl (C=O) groups excluding carboxylic acids is 1. The molecule has 2 N–H and O–H groups in total. The van der Waals surface area contributed by atoms with E-state index in [0.717, 1.165) is 57.1 Å². The molecule has 2 unspecified atom stereocenters. The summed E-state index contributed by atoms with van der Waals surface area (Å²) in [5.74, 6) is -5.38. The number of aliphatic hydroxyl groups excluding tert-OH is 1. The number of hydrogen-bond donors (Lipinski definition) is 2. The summed E-state index contributed by atoms with van der Waals surface area (Å²) in [4.78, 5) is 18.9. The van der Waals surface area contributed by atoms with Crippen molar-refractivity contribution in [2.24, 2.45) is 0 Å². The zero-order valence-corrected chi connectivity index (χ0v) is 21.9. The summed E-state index contributed by atoms with van der Waals surface area (Å²) in [6.45, 7) is 1.71. The Balaban J connectivity index is 1.33. The number of benzene rings is 2. The standard InChI is InChI=1S/C29H29ClF3N3O3/c30-23-15-19(5-12-26(23)39-22-9-10-22)27(37)25(17-36-13-1-2-14-36)35-28(38)29(32,33)20-6-3-18(4-7-20)24-11-8-21(31)16-34-24/h3-8,11-12,15-16,22,25,27,37H,1-2,9-10,13-14,17H2,(H,35,38). The fraction of sp³-hybridized carbons (Fsp3) is 0.379. The number of aliphatic hydroxyl groups is 1. The second kappa shape index (κ2) is 11.5. The van der Waals surface area contributed by atoms with Crippen molar-refractivity contribution in [3.63, 3.8) is 0 Å². The summed E-state index contributed by atoms with van der Waals surface area (Å²) in [7, 11) is 0. The van der Waals surface area contributed by atoms with Crippen molar-refractivity contribution in [1.82, 2.24) is 15.2 Å². The fourth-order valence-electron chi connectivity index (χ4n) is 4.65. The SMILES string of the molecule is O=C(NC(CN1CCCC1)C(O)c1ccc(OC2CC2)c(Cl)c1)C(F)(F)c1ccc(-c2ccc(F)cn2)cc1. The number of alkyl halides is 2. The van der Waals surface area contributed by atoms with E-state index < -0.39 is 35.4 Å². The van der Waals surface area contributed by atoms with E-state index in [4.69, 9.17) is 16.3 Å². The molecule has 2 fully saturated rings. The molecular weight excluding hydrogens is 531 g/mol. The number of nitrogens with one attached hydrogen (secondary N) is 1. The van der Waals surface area contributed by atoms with Gasteiger partial charge in [-0.05, 0) is 68.6 Å². The molecule has 5 rings (SSSR count). The van der Waals surface area contributed by atoms with Crippen molar-refractivity contribution < 1.29 is 27.8 Å². The molecule has 0 radical (unpaired) electrons. The highest BCUT2D eigenvalue weighted by molar-refractivity contribution is 6.32. The third-order valence-corrected chi connectivity index (χ3v) is 7.32. The molecule has 0 spiro atoms. The Labute approximate surface area is 229 Å². The number of carbonyl (C=O) groups is 1. The van der Waals surface area contributed by atoms with Crippen LogP contribution in [0, 0.1) is 5.82 Å². The number of amides is 1. The van der Waals surface area contributed by atoms with Crippen LogP contribution in [0.25, 0.3) is 11.3 Å². The first-order chi connectivity index (χ1) is 18.7. The van der Waals surface area contributed by atoms with Crippen LogP contribution in [0.4, 0.5) is 13.2 Å². The van der Waals surface area contributed by atoms with Crippen molar-refractivity contribution in [2.45, 2.75) is 49.9 Å². The second-order valence-corrected chi connectivity index (χ2v) is 10.5. The lowest BCUT2D eigenvalue weighted by Crippen LogP contribution is -2.50. The van der Waals surface area contributed by atoms with E-state index in [-0.39, 0.29) is 12.6 Å². The zero-order chi connectivity index (χ0) is 27.6. The van der Waals surface area contributed by atoms with Gasteiger partial charge in [0.1, 0.15) is 17.7 Å². The van der Waals surface area contributed by atoms with Gasteiger partial charge < -0.3 is 20.1 Å². The lowest BCUT2D eigenvalue weighted by atomic mass is 9.99. The molecule has 1 amide bonds. The number of pyridine rings is 1. The number of nitrogens with zero attached hydrogens (tertiary/aromatic N) is 2. The molecule has 206 valence electrons. The maximum atomic E-state index is 15.3. The Morgan fingerprint density at radius 2 is 1.85 bits per heavy atom. The highest BCUT2D eigenvalue weighted by atomic mass is 35.5. The number of hydrogen-bond acceptors (Lipinski definition) is 5. The topological polar surface area (TPSA) is 74.7 Å². The quantitative estimate of drug-likeness (QED) is 0.344. The number of ether oxygens (including phenoxy) is 1. The summed E-state index contributed by atoms with van der Waals surface area (Å²) >= 11 is 6.37. The molecule has 2 aromatic carbocycles. The lowest BCUT2D eigenvalue weighted by molar-refractivity contribution is -0.149. The summed E-state index contributed by atoms with van der Waals surface area (Å²) in [5.41, 5.74) is 0.803. The maximum absolute atomic E-state index is 15.3. The van der Waals surface area contributed by atoms with Crippen LogP contribution in [0.15, 0.2) is 60.8 Å². The largest absolute Gasteiger partial charge is 0.489 e. The average molecular weight is 560 g/mol. The Kier molecular flexibility index (Phi) is 8.11. The molecule has 6 nitrogen and oxygen atoms in total. The van der Waals surface area contributed by atoms with Gasteiger partial charge >= 0.3 is 5.92 Å². The first-order valence-electron chi connectivity index (χ1n) is 13.0. The van der Waals surface area contributed by atoms with E-state index in [1.807, 2.05) is 4.90 Å². The van der Waals surface area contributed by atoms with Crippen LogP contribution in [-0.4, -0.2) is 52.7 Å². The summed E-state index contributed by atoms with van der Waals surface area (Å²) in [6.07, 6.45) is 3.75. The molecular formula is C29H29ClF3N3O3. The second-order valence-electron chi connectivity index (χ2n) is 10.1. The first-order valence-corrected chi connectivity index (χ1v) is 13.4. The van der Waals surface area contributed by atoms with Crippen molar-refractivity contribution >= 4 is 17.5 Å². The van der Waals surface area contributed by atoms with E-state index >= 15 is 8.78 Å². The van der Waals surface area contributed by atoms with Gasteiger partial charge in [0, 0.05) is 17.7 Å². The minimum absolute atomic E-state index is 0.142. The summed E-state index contributed by atoms with van der Waals surface area (Å²) in [5, 5.41) is 13.9. The molecule has 1 aromatic heterocycles. The van der Waals surface area contributed by atoms with E-state index in [0.29, 0.717) is 27.6 Å². The summed E-state index contributed by atoms with van der Waals surface area (Å²) < 4.78 is 49.5. The molecule has 1 aliphatic heterocycles. The third-order valence-electron chi connectivity index (χ3n) is 7.02. The molecule has 3 aromatic rings. The van der Waals surface area contributed by atoms with Crippen LogP contribution in [0.2, 0.25) is 5.02 Å². The van der Waals surface area contributed by atoms with Crippen molar-refractivity contribution in [1.29, 1.82) is 0 Å². The van der Waals surface area contributed by atoms with E-state index in [1.165, 1.54) is 24.3 Å². The Morgan fingerprint density at radius 3 is 2.46 bits per heavy atom. The number of halogens is 4. The van der Waals surface area contributed by atoms with Gasteiger partial charge in [0.2, 0.25) is 0 Å². The van der Waals surface area contributed by atoms with Gasteiger partial charge in [-0.2, -0.15) is 8.78 Å². The highest BCUT2D eigenvalue weighted by Crippen LogP contribution is 2.35. The number of rotatable bonds is 10. The smallest absolute Gasteiger partial charge is 0.349 e. The van der Waals surface area contributed by atoms with Crippen LogP contribution < -0.4 is 10.1 Å². The minimum atomic E-state index is -3.86. The van der Waals surface area contributed by atoms with Gasteiger partial charge in [0.25, 0.3) is 5.91 Å².